The largest absolute Gasteiger partial charge is 0.484 e. The van der Waals surface area contributed by atoms with Crippen LogP contribution < -0.4 is 20.7 Å². The van der Waals surface area contributed by atoms with E-state index in [4.69, 9.17) is 4.74 Å². The second-order valence-corrected chi connectivity index (χ2v) is 7.60. The van der Waals surface area contributed by atoms with E-state index in [2.05, 4.69) is 16.0 Å². The van der Waals surface area contributed by atoms with Gasteiger partial charge in [0.05, 0.1) is 6.04 Å². The zero-order chi connectivity index (χ0) is 23.6. The number of carbonyl (C=O) groups excluding carboxylic acids is 2. The summed E-state index contributed by atoms with van der Waals surface area (Å²) in [6.45, 7) is 0.174. The minimum Gasteiger partial charge on any atom is -0.484 e. The molecule has 0 bridgehead atoms. The molecule has 33 heavy (non-hydrogen) atoms. The lowest BCUT2D eigenvalue weighted by atomic mass is 10.1. The molecule has 0 saturated carbocycles. The Morgan fingerprint density at radius 2 is 1.61 bits per heavy atom. The summed E-state index contributed by atoms with van der Waals surface area (Å²) in [5, 5.41) is 8.33. The smallest absolute Gasteiger partial charge is 0.319 e. The van der Waals surface area contributed by atoms with Crippen LogP contribution in [0.3, 0.4) is 0 Å². The van der Waals surface area contributed by atoms with Crippen LogP contribution in [0.5, 0.6) is 5.75 Å². The van der Waals surface area contributed by atoms with E-state index in [0.717, 1.165) is 5.56 Å². The van der Waals surface area contributed by atoms with Gasteiger partial charge in [0.15, 0.2) is 6.61 Å². The third kappa shape index (κ3) is 7.62. The Morgan fingerprint density at radius 1 is 0.909 bits per heavy atom. The zero-order valence-corrected chi connectivity index (χ0v) is 18.5. The van der Waals surface area contributed by atoms with E-state index in [9.17, 15) is 14.0 Å². The number of benzene rings is 3. The number of para-hydroxylation sites is 1. The van der Waals surface area contributed by atoms with Crippen LogP contribution in [-0.4, -0.2) is 44.1 Å². The first-order chi connectivity index (χ1) is 15.9. The number of nitrogens with zero attached hydrogens (tertiary/aromatic N) is 1. The number of likely N-dealkylation sites (N-methyl/N-ethyl adjacent to an activating group) is 1. The Labute approximate surface area is 192 Å². The fraction of sp³-hybridized carbons (Fsp3) is 0.200. The van der Waals surface area contributed by atoms with Crippen molar-refractivity contribution in [2.24, 2.45) is 0 Å². The third-order valence-corrected chi connectivity index (χ3v) is 4.85. The average Bonchev–Trinajstić information content (AvgIpc) is 2.80. The second kappa shape index (κ2) is 11.6. The number of rotatable bonds is 9. The van der Waals surface area contributed by atoms with Gasteiger partial charge in [0.2, 0.25) is 0 Å². The molecule has 0 spiro atoms. The van der Waals surface area contributed by atoms with Crippen molar-refractivity contribution in [2.75, 3.05) is 37.9 Å². The van der Waals surface area contributed by atoms with Gasteiger partial charge in [-0.3, -0.25) is 4.79 Å². The third-order valence-electron chi connectivity index (χ3n) is 4.85. The van der Waals surface area contributed by atoms with Crippen molar-refractivity contribution >= 4 is 23.3 Å². The van der Waals surface area contributed by atoms with Crippen molar-refractivity contribution in [2.45, 2.75) is 6.04 Å². The average molecular weight is 451 g/mol. The normalized spacial score (nSPS) is 11.5. The first-order valence-electron chi connectivity index (χ1n) is 10.5. The van der Waals surface area contributed by atoms with Crippen LogP contribution in [0.15, 0.2) is 78.9 Å². The minimum absolute atomic E-state index is 0.117. The highest BCUT2D eigenvalue weighted by atomic mass is 19.1. The van der Waals surface area contributed by atoms with Gasteiger partial charge in [0, 0.05) is 24.0 Å². The first kappa shape index (κ1) is 23.7. The fourth-order valence-electron chi connectivity index (χ4n) is 3.18. The molecular formula is C25H27FN4O3. The summed E-state index contributed by atoms with van der Waals surface area (Å²) in [6.07, 6.45) is 0. The summed E-state index contributed by atoms with van der Waals surface area (Å²) in [5.41, 5.74) is 2.11. The number of amides is 3. The molecule has 1 unspecified atom stereocenters. The Bertz CT molecular complexity index is 1060. The molecule has 0 fully saturated rings. The van der Waals surface area contributed by atoms with Crippen LogP contribution in [0.1, 0.15) is 11.6 Å². The molecule has 0 aliphatic rings. The number of urea groups is 1. The Kier molecular flexibility index (Phi) is 8.37. The maximum atomic E-state index is 13.2. The van der Waals surface area contributed by atoms with Crippen LogP contribution in [0, 0.1) is 5.82 Å². The summed E-state index contributed by atoms with van der Waals surface area (Å²) in [5.74, 6) is -0.136. The predicted octanol–water partition coefficient (Wildman–Crippen LogP) is 4.27. The molecule has 0 saturated heterocycles. The molecule has 3 aromatic carbocycles. The van der Waals surface area contributed by atoms with Crippen LogP contribution in [0.2, 0.25) is 0 Å². The van der Waals surface area contributed by atoms with Crippen LogP contribution in [-0.2, 0) is 4.79 Å². The molecule has 1 atom stereocenters. The lowest BCUT2D eigenvalue weighted by molar-refractivity contribution is -0.118. The molecule has 0 aliphatic carbocycles. The van der Waals surface area contributed by atoms with Crippen molar-refractivity contribution in [3.63, 3.8) is 0 Å². The first-order valence-corrected chi connectivity index (χ1v) is 10.5. The van der Waals surface area contributed by atoms with E-state index >= 15 is 0 Å². The van der Waals surface area contributed by atoms with Crippen molar-refractivity contribution < 1.29 is 18.7 Å². The quantitative estimate of drug-likeness (QED) is 0.455. The van der Waals surface area contributed by atoms with Crippen molar-refractivity contribution in [3.8, 4) is 5.75 Å². The van der Waals surface area contributed by atoms with E-state index in [1.165, 1.54) is 12.1 Å². The number of hydrogen-bond acceptors (Lipinski definition) is 4. The summed E-state index contributed by atoms with van der Waals surface area (Å²) in [7, 11) is 3.78. The molecule has 3 amide bonds. The summed E-state index contributed by atoms with van der Waals surface area (Å²) in [4.78, 5) is 26.4. The Balaban J connectivity index is 1.50. The second-order valence-electron chi connectivity index (χ2n) is 7.60. The van der Waals surface area contributed by atoms with Crippen molar-refractivity contribution in [1.29, 1.82) is 0 Å². The minimum atomic E-state index is -0.386. The fourth-order valence-corrected chi connectivity index (χ4v) is 3.18. The van der Waals surface area contributed by atoms with Gasteiger partial charge < -0.3 is 25.6 Å². The molecule has 0 radical (unpaired) electrons. The number of carbonyl (C=O) groups is 2. The van der Waals surface area contributed by atoms with Gasteiger partial charge in [-0.1, -0.05) is 36.4 Å². The molecule has 0 heterocycles. The van der Waals surface area contributed by atoms with Crippen molar-refractivity contribution in [3.05, 3.63) is 90.2 Å². The zero-order valence-electron chi connectivity index (χ0n) is 18.5. The van der Waals surface area contributed by atoms with Gasteiger partial charge in [-0.05, 0) is 56.1 Å². The summed E-state index contributed by atoms with van der Waals surface area (Å²) < 4.78 is 18.7. The van der Waals surface area contributed by atoms with Gasteiger partial charge in [-0.2, -0.15) is 0 Å². The van der Waals surface area contributed by atoms with Crippen LogP contribution in [0.4, 0.5) is 20.6 Å². The predicted molar refractivity (Wildman–Crippen MR) is 127 cm³/mol. The number of ether oxygens (including phenoxy) is 1. The lowest BCUT2D eigenvalue weighted by Crippen LogP contribution is -2.36. The number of anilines is 2. The van der Waals surface area contributed by atoms with Gasteiger partial charge in [0.25, 0.3) is 5.91 Å². The molecule has 0 aliphatic heterocycles. The van der Waals surface area contributed by atoms with E-state index in [0.29, 0.717) is 23.7 Å². The van der Waals surface area contributed by atoms with Crippen LogP contribution >= 0.6 is 0 Å². The topological polar surface area (TPSA) is 82.7 Å². The Hall–Kier alpha value is -3.91. The Morgan fingerprint density at radius 3 is 2.30 bits per heavy atom. The monoisotopic (exact) mass is 450 g/mol. The molecular weight excluding hydrogens is 423 g/mol. The van der Waals surface area contributed by atoms with Gasteiger partial charge in [-0.25, -0.2) is 9.18 Å². The maximum absolute atomic E-state index is 13.2. The van der Waals surface area contributed by atoms with E-state index in [-0.39, 0.29) is 30.4 Å². The highest BCUT2D eigenvalue weighted by molar-refractivity contribution is 5.92. The standard InChI is InChI=1S/C25H27FN4O3/c1-30(2)23(18-11-13-19(26)14-12-18)16-27-25(32)29-21-9-6-10-22(15-21)33-17-24(31)28-20-7-4-3-5-8-20/h3-15,23H,16-17H2,1-2H3,(H,28,31)(H2,27,29,32). The van der Waals surface area contributed by atoms with E-state index in [1.54, 1.807) is 48.5 Å². The summed E-state index contributed by atoms with van der Waals surface area (Å²) >= 11 is 0. The molecule has 3 rings (SSSR count). The molecule has 3 aromatic rings. The molecule has 172 valence electrons. The molecule has 3 N–H and O–H groups in total. The van der Waals surface area contributed by atoms with E-state index < -0.39 is 0 Å². The van der Waals surface area contributed by atoms with E-state index in [1.807, 2.05) is 37.2 Å². The lowest BCUT2D eigenvalue weighted by Gasteiger charge is -2.25. The number of hydrogen-bond donors (Lipinski definition) is 3. The van der Waals surface area contributed by atoms with Gasteiger partial charge in [0.1, 0.15) is 11.6 Å². The van der Waals surface area contributed by atoms with Crippen LogP contribution in [0.25, 0.3) is 0 Å². The molecule has 0 aromatic heterocycles. The molecule has 7 nitrogen and oxygen atoms in total. The number of nitrogens with one attached hydrogen (secondary N) is 3. The molecule has 8 heteroatoms. The highest BCUT2D eigenvalue weighted by Gasteiger charge is 2.15. The number of halogens is 1. The summed E-state index contributed by atoms with van der Waals surface area (Å²) in [6, 6.07) is 21.6. The van der Waals surface area contributed by atoms with Gasteiger partial charge in [-0.15, -0.1) is 0 Å². The van der Waals surface area contributed by atoms with Gasteiger partial charge >= 0.3 is 6.03 Å². The van der Waals surface area contributed by atoms with Crippen molar-refractivity contribution in [1.82, 2.24) is 10.2 Å². The maximum Gasteiger partial charge on any atom is 0.319 e. The SMILES string of the molecule is CN(C)C(CNC(=O)Nc1cccc(OCC(=O)Nc2ccccc2)c1)c1ccc(F)cc1. The highest BCUT2D eigenvalue weighted by Crippen LogP contribution is 2.19.